The molecule has 0 aromatic rings. The summed E-state index contributed by atoms with van der Waals surface area (Å²) >= 11 is 0. The van der Waals surface area contributed by atoms with Crippen LogP contribution in [0.5, 0.6) is 0 Å². The van der Waals surface area contributed by atoms with Crippen molar-refractivity contribution in [3.8, 4) is 0 Å². The van der Waals surface area contributed by atoms with Crippen LogP contribution in [-0.2, 0) is 32.7 Å². The highest BCUT2D eigenvalue weighted by atomic mass is 31.2. The zero-order valence-electron chi connectivity index (χ0n) is 25.3. The molecular formula is C29H56NO8P. The number of phosphoric ester groups is 1. The smallest absolute Gasteiger partial charge is 0.306 e. The Bertz CT molecular complexity index is 708. The van der Waals surface area contributed by atoms with Gasteiger partial charge in [0.15, 0.2) is 6.10 Å². The molecule has 9 nitrogen and oxygen atoms in total. The van der Waals surface area contributed by atoms with Crippen LogP contribution < -0.4 is 4.89 Å². The van der Waals surface area contributed by atoms with E-state index in [0.717, 1.165) is 64.2 Å². The van der Waals surface area contributed by atoms with Gasteiger partial charge in [0.1, 0.15) is 19.8 Å². The first kappa shape index (κ1) is 37.8. The van der Waals surface area contributed by atoms with Gasteiger partial charge < -0.3 is 27.9 Å². The Morgan fingerprint density at radius 1 is 0.769 bits per heavy atom. The van der Waals surface area contributed by atoms with Gasteiger partial charge in [0.05, 0.1) is 27.7 Å². The maximum atomic E-state index is 12.4. The van der Waals surface area contributed by atoms with Crippen molar-refractivity contribution in [2.45, 2.75) is 116 Å². The van der Waals surface area contributed by atoms with Gasteiger partial charge in [0.2, 0.25) is 0 Å². The lowest BCUT2D eigenvalue weighted by Gasteiger charge is -2.28. The monoisotopic (exact) mass is 577 g/mol. The second-order valence-corrected chi connectivity index (χ2v) is 12.5. The Balaban J connectivity index is 4.51. The lowest BCUT2D eigenvalue weighted by molar-refractivity contribution is -0.870. The number of ether oxygens (including phenoxy) is 2. The summed E-state index contributed by atoms with van der Waals surface area (Å²) in [5, 5.41) is 0. The zero-order chi connectivity index (χ0) is 29.4. The van der Waals surface area contributed by atoms with Crippen LogP contribution in [0.4, 0.5) is 0 Å². The molecule has 0 heterocycles. The molecule has 0 radical (unpaired) electrons. The van der Waals surface area contributed by atoms with Crippen LogP contribution in [-0.4, -0.2) is 70.0 Å². The Hall–Kier alpha value is -1.25. The minimum Gasteiger partial charge on any atom is -0.756 e. The van der Waals surface area contributed by atoms with E-state index in [9.17, 15) is 19.0 Å². The first-order chi connectivity index (χ1) is 18.5. The lowest BCUT2D eigenvalue weighted by atomic mass is 10.1. The molecule has 0 aromatic heterocycles. The number of allylic oxidation sites excluding steroid dienone is 2. The number of phosphoric acid groups is 1. The average molecular weight is 578 g/mol. The number of hydrogen-bond donors (Lipinski definition) is 0. The van der Waals surface area contributed by atoms with E-state index in [2.05, 4.69) is 26.0 Å². The molecule has 0 aliphatic rings. The zero-order valence-corrected chi connectivity index (χ0v) is 26.2. The molecule has 10 heteroatoms. The average Bonchev–Trinajstić information content (AvgIpc) is 2.86. The summed E-state index contributed by atoms with van der Waals surface area (Å²) in [7, 11) is 1.15. The molecule has 0 aromatic carbocycles. The molecule has 0 spiro atoms. The summed E-state index contributed by atoms with van der Waals surface area (Å²) in [5.41, 5.74) is 0. The van der Waals surface area contributed by atoms with Gasteiger partial charge in [0.25, 0.3) is 7.82 Å². The molecule has 0 saturated heterocycles. The number of carbonyl (C=O) groups is 2. The van der Waals surface area contributed by atoms with E-state index in [4.69, 9.17) is 18.5 Å². The van der Waals surface area contributed by atoms with Crippen LogP contribution >= 0.6 is 7.82 Å². The first-order valence-electron chi connectivity index (χ1n) is 14.9. The third kappa shape index (κ3) is 26.7. The quantitative estimate of drug-likeness (QED) is 0.0399. The van der Waals surface area contributed by atoms with Crippen LogP contribution in [0.15, 0.2) is 12.2 Å². The van der Waals surface area contributed by atoms with Gasteiger partial charge >= 0.3 is 11.9 Å². The summed E-state index contributed by atoms with van der Waals surface area (Å²) < 4.78 is 33.2. The SMILES string of the molecule is CCCC/C=C\CCCCCCCC(=O)OC(COC(=O)CCCCCC)COP(=O)([O-])OCC[N+](C)(C)C. The number of hydrogen-bond acceptors (Lipinski definition) is 8. The molecule has 2 atom stereocenters. The van der Waals surface area contributed by atoms with Crippen LogP contribution in [0.1, 0.15) is 110 Å². The Morgan fingerprint density at radius 2 is 1.33 bits per heavy atom. The Labute approximate surface area is 237 Å². The van der Waals surface area contributed by atoms with Crippen molar-refractivity contribution in [1.82, 2.24) is 0 Å². The number of nitrogens with zero attached hydrogens (tertiary/aromatic N) is 1. The fraction of sp³-hybridized carbons (Fsp3) is 0.862. The molecule has 0 aliphatic carbocycles. The van der Waals surface area contributed by atoms with E-state index in [0.29, 0.717) is 17.4 Å². The number of likely N-dealkylation sites (N-methyl/N-ethyl adjacent to an activating group) is 1. The number of carbonyl (C=O) groups excluding carboxylic acids is 2. The van der Waals surface area contributed by atoms with Gasteiger partial charge in [-0.2, -0.15) is 0 Å². The number of quaternary nitrogens is 1. The number of esters is 2. The van der Waals surface area contributed by atoms with Crippen molar-refractivity contribution in [2.24, 2.45) is 0 Å². The largest absolute Gasteiger partial charge is 0.756 e. The van der Waals surface area contributed by atoms with E-state index in [1.165, 1.54) is 12.8 Å². The highest BCUT2D eigenvalue weighted by molar-refractivity contribution is 7.45. The fourth-order valence-electron chi connectivity index (χ4n) is 3.57. The normalized spacial score (nSPS) is 14.3. The third-order valence-corrected chi connectivity index (χ3v) is 7.00. The summed E-state index contributed by atoms with van der Waals surface area (Å²) in [6.07, 6.45) is 17.3. The van der Waals surface area contributed by atoms with Gasteiger partial charge in [-0.3, -0.25) is 14.2 Å². The van der Waals surface area contributed by atoms with Gasteiger partial charge in [0, 0.05) is 12.8 Å². The summed E-state index contributed by atoms with van der Waals surface area (Å²) in [6, 6.07) is 0. The lowest BCUT2D eigenvalue weighted by Crippen LogP contribution is -2.37. The second kappa shape index (κ2) is 23.5. The van der Waals surface area contributed by atoms with Gasteiger partial charge in [-0.1, -0.05) is 77.4 Å². The summed E-state index contributed by atoms with van der Waals surface area (Å²) in [4.78, 5) is 36.6. The Kier molecular flexibility index (Phi) is 22.7. The molecule has 39 heavy (non-hydrogen) atoms. The molecule has 0 saturated carbocycles. The predicted molar refractivity (Wildman–Crippen MR) is 153 cm³/mol. The maximum absolute atomic E-state index is 12.4. The van der Waals surface area contributed by atoms with Crippen molar-refractivity contribution in [2.75, 3.05) is 47.5 Å². The third-order valence-electron chi connectivity index (χ3n) is 6.04. The Morgan fingerprint density at radius 3 is 1.97 bits per heavy atom. The van der Waals surface area contributed by atoms with Gasteiger partial charge in [-0.05, 0) is 32.1 Å². The molecule has 0 bridgehead atoms. The summed E-state index contributed by atoms with van der Waals surface area (Å²) in [6.45, 7) is 3.99. The molecule has 2 unspecified atom stereocenters. The van der Waals surface area contributed by atoms with Crippen molar-refractivity contribution in [3.63, 3.8) is 0 Å². The molecule has 0 rings (SSSR count). The predicted octanol–water partition coefficient (Wildman–Crippen LogP) is 6.10. The van der Waals surface area contributed by atoms with E-state index in [-0.39, 0.29) is 26.1 Å². The summed E-state index contributed by atoms with van der Waals surface area (Å²) in [5.74, 6) is -0.870. The topological polar surface area (TPSA) is 111 Å². The van der Waals surface area contributed by atoms with Gasteiger partial charge in [-0.25, -0.2) is 0 Å². The highest BCUT2D eigenvalue weighted by Gasteiger charge is 2.21. The van der Waals surface area contributed by atoms with Crippen LogP contribution in [0.2, 0.25) is 0 Å². The maximum Gasteiger partial charge on any atom is 0.306 e. The first-order valence-corrected chi connectivity index (χ1v) is 16.4. The van der Waals surface area contributed by atoms with Crippen LogP contribution in [0.3, 0.4) is 0 Å². The van der Waals surface area contributed by atoms with Crippen LogP contribution in [0.25, 0.3) is 0 Å². The minimum absolute atomic E-state index is 0.0311. The minimum atomic E-state index is -4.59. The van der Waals surface area contributed by atoms with Crippen LogP contribution in [0, 0.1) is 0 Å². The van der Waals surface area contributed by atoms with E-state index in [1.807, 2.05) is 21.1 Å². The van der Waals surface area contributed by atoms with E-state index in [1.54, 1.807) is 0 Å². The molecule has 0 N–H and O–H groups in total. The van der Waals surface area contributed by atoms with Crippen molar-refractivity contribution >= 4 is 19.8 Å². The molecule has 0 amide bonds. The standard InChI is InChI=1S/C29H56NO8P/c1-6-8-10-12-13-14-15-16-17-18-20-22-29(32)38-27(25-35-28(31)21-19-11-9-7-2)26-37-39(33,34)36-24-23-30(3,4)5/h12-13,27H,6-11,14-26H2,1-5H3/b13-12-. The van der Waals surface area contributed by atoms with Crippen molar-refractivity contribution in [1.29, 1.82) is 0 Å². The number of unbranched alkanes of at least 4 members (excludes halogenated alkanes) is 10. The van der Waals surface area contributed by atoms with Crippen molar-refractivity contribution < 1.29 is 42.1 Å². The van der Waals surface area contributed by atoms with E-state index < -0.39 is 32.5 Å². The van der Waals surface area contributed by atoms with Crippen molar-refractivity contribution in [3.05, 3.63) is 12.2 Å². The molecule has 230 valence electrons. The highest BCUT2D eigenvalue weighted by Crippen LogP contribution is 2.38. The molecular weight excluding hydrogens is 521 g/mol. The molecule has 0 aliphatic heterocycles. The second-order valence-electron chi connectivity index (χ2n) is 11.1. The number of rotatable bonds is 26. The van der Waals surface area contributed by atoms with E-state index >= 15 is 0 Å². The van der Waals surface area contributed by atoms with Gasteiger partial charge in [-0.15, -0.1) is 0 Å². The fourth-order valence-corrected chi connectivity index (χ4v) is 4.30. The molecule has 0 fully saturated rings.